The molecule has 86 valence electrons. The van der Waals surface area contributed by atoms with E-state index in [4.69, 9.17) is 4.74 Å². The quantitative estimate of drug-likeness (QED) is 0.576. The van der Waals surface area contributed by atoms with Crippen molar-refractivity contribution >= 4 is 11.5 Å². The summed E-state index contributed by atoms with van der Waals surface area (Å²) in [7, 11) is 0. The Morgan fingerprint density at radius 2 is 1.94 bits per heavy atom. The van der Waals surface area contributed by atoms with E-state index in [1.54, 1.807) is 32.3 Å². The molecule has 1 heterocycles. The Labute approximate surface area is 95.4 Å². The lowest BCUT2D eigenvalue weighted by Gasteiger charge is -2.08. The number of nitrogens with zero attached hydrogens (tertiary/aromatic N) is 2. The summed E-state index contributed by atoms with van der Waals surface area (Å²) in [5.41, 5.74) is 1.41. The van der Waals surface area contributed by atoms with Crippen LogP contribution in [0.2, 0.25) is 0 Å². The Hall–Kier alpha value is -1.71. The lowest BCUT2D eigenvalue weighted by Crippen LogP contribution is -2.08. The van der Waals surface area contributed by atoms with Crippen molar-refractivity contribution in [1.29, 1.82) is 0 Å². The summed E-state index contributed by atoms with van der Waals surface area (Å²) in [5.74, 6) is 0.294. The van der Waals surface area contributed by atoms with Crippen LogP contribution in [0.3, 0.4) is 0 Å². The molecule has 0 aliphatic rings. The van der Waals surface area contributed by atoms with Crippen LogP contribution in [0.15, 0.2) is 24.0 Å². The molecular formula is C12H16N2O2. The van der Waals surface area contributed by atoms with E-state index in [1.165, 1.54) is 0 Å². The van der Waals surface area contributed by atoms with Crippen molar-refractivity contribution in [2.75, 3.05) is 6.61 Å². The van der Waals surface area contributed by atoms with Crippen LogP contribution < -0.4 is 0 Å². The van der Waals surface area contributed by atoms with E-state index in [9.17, 15) is 4.79 Å². The van der Waals surface area contributed by atoms with Crippen molar-refractivity contribution in [3.63, 3.8) is 0 Å². The zero-order valence-corrected chi connectivity index (χ0v) is 9.86. The fourth-order valence-corrected chi connectivity index (χ4v) is 1.41. The largest absolute Gasteiger partial charge is 0.463 e. The van der Waals surface area contributed by atoms with Crippen LogP contribution in [-0.2, 0) is 9.53 Å². The zero-order chi connectivity index (χ0) is 12.0. The van der Waals surface area contributed by atoms with Gasteiger partial charge in [-0.1, -0.05) is 6.92 Å². The topological polar surface area (TPSA) is 52.1 Å². The molecule has 1 aromatic heterocycles. The molecule has 0 aliphatic heterocycles. The van der Waals surface area contributed by atoms with Crippen molar-refractivity contribution in [3.8, 4) is 0 Å². The van der Waals surface area contributed by atoms with E-state index >= 15 is 0 Å². The highest BCUT2D eigenvalue weighted by atomic mass is 16.5. The molecule has 0 N–H and O–H groups in total. The van der Waals surface area contributed by atoms with Gasteiger partial charge in [-0.3, -0.25) is 0 Å². The second-order valence-corrected chi connectivity index (χ2v) is 3.25. The van der Waals surface area contributed by atoms with Gasteiger partial charge in [0.25, 0.3) is 0 Å². The zero-order valence-electron chi connectivity index (χ0n) is 9.86. The molecule has 1 aromatic rings. The van der Waals surface area contributed by atoms with Crippen molar-refractivity contribution in [2.45, 2.75) is 27.2 Å². The number of ether oxygens (including phenoxy) is 1. The Balaban J connectivity index is 3.05. The molecule has 0 saturated carbocycles. The Bertz CT molecular complexity index is 385. The molecule has 0 aliphatic carbocycles. The highest BCUT2D eigenvalue weighted by Crippen LogP contribution is 2.18. The third-order valence-corrected chi connectivity index (χ3v) is 2.22. The van der Waals surface area contributed by atoms with E-state index in [0.29, 0.717) is 24.4 Å². The van der Waals surface area contributed by atoms with Crippen molar-refractivity contribution in [2.24, 2.45) is 0 Å². The molecule has 0 radical (unpaired) electrons. The molecule has 0 spiro atoms. The van der Waals surface area contributed by atoms with Crippen molar-refractivity contribution in [1.82, 2.24) is 9.97 Å². The SMILES string of the molecule is CCOC(=O)/C(C)=C(/CC)c1ncccn1. The van der Waals surface area contributed by atoms with Gasteiger partial charge in [0.05, 0.1) is 6.61 Å². The first-order valence-corrected chi connectivity index (χ1v) is 5.34. The number of carbonyl (C=O) groups is 1. The molecule has 16 heavy (non-hydrogen) atoms. The molecule has 4 heteroatoms. The Morgan fingerprint density at radius 3 is 2.44 bits per heavy atom. The molecule has 0 unspecified atom stereocenters. The van der Waals surface area contributed by atoms with Gasteiger partial charge in [-0.15, -0.1) is 0 Å². The van der Waals surface area contributed by atoms with Crippen LogP contribution in [-0.4, -0.2) is 22.5 Å². The molecule has 0 saturated heterocycles. The number of rotatable bonds is 4. The normalized spacial score (nSPS) is 11.9. The Kier molecular flexibility index (Phi) is 4.64. The lowest BCUT2D eigenvalue weighted by molar-refractivity contribution is -0.138. The highest BCUT2D eigenvalue weighted by molar-refractivity contribution is 5.96. The summed E-state index contributed by atoms with van der Waals surface area (Å²) >= 11 is 0. The van der Waals surface area contributed by atoms with Gasteiger partial charge in [0.1, 0.15) is 0 Å². The van der Waals surface area contributed by atoms with Crippen LogP contribution in [0.5, 0.6) is 0 Å². The fourth-order valence-electron chi connectivity index (χ4n) is 1.41. The van der Waals surface area contributed by atoms with Gasteiger partial charge in [-0.05, 0) is 26.3 Å². The predicted molar refractivity (Wildman–Crippen MR) is 61.6 cm³/mol. The fraction of sp³-hybridized carbons (Fsp3) is 0.417. The van der Waals surface area contributed by atoms with Crippen LogP contribution >= 0.6 is 0 Å². The number of esters is 1. The van der Waals surface area contributed by atoms with Gasteiger partial charge in [-0.25, -0.2) is 14.8 Å². The molecule has 4 nitrogen and oxygen atoms in total. The number of hydrogen-bond acceptors (Lipinski definition) is 4. The van der Waals surface area contributed by atoms with Crippen LogP contribution in [0, 0.1) is 0 Å². The summed E-state index contributed by atoms with van der Waals surface area (Å²) in [6.07, 6.45) is 4.03. The number of hydrogen-bond donors (Lipinski definition) is 0. The van der Waals surface area contributed by atoms with Crippen LogP contribution in [0.1, 0.15) is 33.0 Å². The maximum atomic E-state index is 11.6. The van der Waals surface area contributed by atoms with Gasteiger partial charge in [0, 0.05) is 23.5 Å². The van der Waals surface area contributed by atoms with E-state index < -0.39 is 0 Å². The minimum atomic E-state index is -0.299. The number of allylic oxidation sites excluding steroid dienone is 1. The minimum absolute atomic E-state index is 0.299. The average molecular weight is 220 g/mol. The molecule has 1 rings (SSSR count). The molecule has 0 amide bonds. The van der Waals surface area contributed by atoms with Crippen LogP contribution in [0.25, 0.3) is 5.57 Å². The van der Waals surface area contributed by atoms with Crippen molar-refractivity contribution < 1.29 is 9.53 Å². The van der Waals surface area contributed by atoms with Gasteiger partial charge in [0.15, 0.2) is 5.82 Å². The van der Waals surface area contributed by atoms with Gasteiger partial charge in [-0.2, -0.15) is 0 Å². The van der Waals surface area contributed by atoms with Gasteiger partial charge >= 0.3 is 5.97 Å². The first-order valence-electron chi connectivity index (χ1n) is 5.34. The second kappa shape index (κ2) is 6.00. The monoisotopic (exact) mass is 220 g/mol. The predicted octanol–water partition coefficient (Wildman–Crippen LogP) is 2.22. The minimum Gasteiger partial charge on any atom is -0.463 e. The summed E-state index contributed by atoms with van der Waals surface area (Å²) < 4.78 is 4.96. The molecule has 0 atom stereocenters. The second-order valence-electron chi connectivity index (χ2n) is 3.25. The van der Waals surface area contributed by atoms with E-state index in [-0.39, 0.29) is 5.97 Å². The summed E-state index contributed by atoms with van der Waals surface area (Å²) in [5, 5.41) is 0. The standard InChI is InChI=1S/C12H16N2O2/c1-4-10(9(3)12(15)16-5-2)11-13-7-6-8-14-11/h6-8H,4-5H2,1-3H3/b10-9-. The third-order valence-electron chi connectivity index (χ3n) is 2.22. The van der Waals surface area contributed by atoms with E-state index in [1.807, 2.05) is 6.92 Å². The average Bonchev–Trinajstić information content (AvgIpc) is 2.31. The van der Waals surface area contributed by atoms with Crippen molar-refractivity contribution in [3.05, 3.63) is 29.9 Å². The molecule has 0 aromatic carbocycles. The Morgan fingerprint density at radius 1 is 1.31 bits per heavy atom. The lowest BCUT2D eigenvalue weighted by atomic mass is 10.1. The maximum absolute atomic E-state index is 11.6. The molecule has 0 bridgehead atoms. The third kappa shape index (κ3) is 2.89. The molecular weight excluding hydrogens is 204 g/mol. The smallest absolute Gasteiger partial charge is 0.334 e. The highest BCUT2D eigenvalue weighted by Gasteiger charge is 2.13. The van der Waals surface area contributed by atoms with E-state index in [0.717, 1.165) is 5.57 Å². The summed E-state index contributed by atoms with van der Waals surface area (Å²) in [4.78, 5) is 19.9. The van der Waals surface area contributed by atoms with Crippen LogP contribution in [0.4, 0.5) is 0 Å². The van der Waals surface area contributed by atoms with Gasteiger partial charge < -0.3 is 4.74 Å². The number of aromatic nitrogens is 2. The first-order chi connectivity index (χ1) is 7.70. The molecule has 0 fully saturated rings. The maximum Gasteiger partial charge on any atom is 0.334 e. The summed E-state index contributed by atoms with van der Waals surface area (Å²) in [6.45, 7) is 5.88. The van der Waals surface area contributed by atoms with Gasteiger partial charge in [0.2, 0.25) is 0 Å². The summed E-state index contributed by atoms with van der Waals surface area (Å²) in [6, 6.07) is 1.75. The number of carbonyl (C=O) groups excluding carboxylic acids is 1. The van der Waals surface area contributed by atoms with E-state index in [2.05, 4.69) is 9.97 Å². The first kappa shape index (κ1) is 12.4.